The van der Waals surface area contributed by atoms with Crippen molar-refractivity contribution in [3.8, 4) is 0 Å². The second-order valence-electron chi connectivity index (χ2n) is 8.82. The summed E-state index contributed by atoms with van der Waals surface area (Å²) in [5.41, 5.74) is 5.48. The Labute approximate surface area is 210 Å². The van der Waals surface area contributed by atoms with Crippen LogP contribution in [0.5, 0.6) is 0 Å². The first-order valence-electron chi connectivity index (χ1n) is 12.2. The second kappa shape index (κ2) is 11.0. The summed E-state index contributed by atoms with van der Waals surface area (Å²) in [5.74, 6) is 0.326. The molecule has 0 saturated carbocycles. The predicted molar refractivity (Wildman–Crippen MR) is 144 cm³/mol. The number of likely N-dealkylation sites (N-methyl/N-ethyl adjacent to an activating group) is 1. The fourth-order valence-corrected chi connectivity index (χ4v) is 5.39. The van der Waals surface area contributed by atoms with E-state index in [0.717, 1.165) is 61.1 Å². The summed E-state index contributed by atoms with van der Waals surface area (Å²) in [6, 6.07) is 26.9. The predicted octanol–water partition coefficient (Wildman–Crippen LogP) is 4.38. The van der Waals surface area contributed by atoms with Crippen LogP contribution in [0.15, 0.2) is 84.0 Å². The number of carbonyl (C=O) groups is 1. The molecule has 0 spiro atoms. The van der Waals surface area contributed by atoms with Crippen LogP contribution in [0.1, 0.15) is 12.5 Å². The number of aromatic nitrogens is 2. The van der Waals surface area contributed by atoms with Crippen molar-refractivity contribution < 1.29 is 9.36 Å². The normalized spacial score (nSPS) is 14.4. The molecular weight excluding hydrogens is 454 g/mol. The number of imidazole rings is 1. The first-order chi connectivity index (χ1) is 17.2. The van der Waals surface area contributed by atoms with Crippen molar-refractivity contribution in [3.63, 3.8) is 0 Å². The number of H-pyrrole nitrogens is 1. The monoisotopic (exact) mass is 486 g/mol. The number of rotatable bonds is 8. The summed E-state index contributed by atoms with van der Waals surface area (Å²) in [7, 11) is 0. The molecule has 0 atom stereocenters. The van der Waals surface area contributed by atoms with E-state index in [1.807, 2.05) is 30.3 Å². The van der Waals surface area contributed by atoms with Gasteiger partial charge >= 0.3 is 5.16 Å². The van der Waals surface area contributed by atoms with E-state index in [4.69, 9.17) is 0 Å². The minimum Gasteiger partial charge on any atom is -0.369 e. The molecule has 1 amide bonds. The molecule has 2 heterocycles. The minimum atomic E-state index is -0.00997. The molecule has 0 aliphatic carbocycles. The van der Waals surface area contributed by atoms with Crippen LogP contribution >= 0.6 is 11.8 Å². The average molecular weight is 487 g/mol. The van der Waals surface area contributed by atoms with Gasteiger partial charge in [0.25, 0.3) is 0 Å². The van der Waals surface area contributed by atoms with E-state index in [0.29, 0.717) is 5.75 Å². The Morgan fingerprint density at radius 2 is 1.66 bits per heavy atom. The zero-order valence-electron chi connectivity index (χ0n) is 20.1. The lowest BCUT2D eigenvalue weighted by Gasteiger charge is -2.35. The van der Waals surface area contributed by atoms with Gasteiger partial charge in [-0.25, -0.2) is 9.55 Å². The van der Waals surface area contributed by atoms with Gasteiger partial charge in [0.15, 0.2) is 11.0 Å². The number of nitrogens with one attached hydrogen (secondary N) is 2. The SMILES string of the molecule is CCN1CCN(c2ccc(NC(=O)CSc3[nH]c4ccccc4[n+]3Cc3ccccc3)cc2)CC1. The van der Waals surface area contributed by atoms with Crippen LogP contribution in [0.3, 0.4) is 0 Å². The van der Waals surface area contributed by atoms with Gasteiger partial charge in [-0.05, 0) is 60.3 Å². The molecule has 35 heavy (non-hydrogen) atoms. The molecule has 6 nitrogen and oxygen atoms in total. The second-order valence-corrected chi connectivity index (χ2v) is 9.79. The number of piperazine rings is 1. The smallest absolute Gasteiger partial charge is 0.317 e. The van der Waals surface area contributed by atoms with Gasteiger partial charge in [0.1, 0.15) is 6.54 Å². The zero-order valence-corrected chi connectivity index (χ0v) is 20.9. The molecule has 4 aromatic rings. The summed E-state index contributed by atoms with van der Waals surface area (Å²) in [6.07, 6.45) is 0. The third-order valence-electron chi connectivity index (χ3n) is 6.54. The molecular formula is C28H32N5OS+. The largest absolute Gasteiger partial charge is 0.369 e. The Morgan fingerprint density at radius 1 is 0.943 bits per heavy atom. The van der Waals surface area contributed by atoms with Crippen molar-refractivity contribution in [1.29, 1.82) is 0 Å². The average Bonchev–Trinajstić information content (AvgIpc) is 3.26. The molecule has 7 heteroatoms. The Bertz CT molecular complexity index is 1260. The van der Waals surface area contributed by atoms with Crippen LogP contribution in [0, 0.1) is 0 Å². The van der Waals surface area contributed by atoms with Gasteiger partial charge in [-0.2, -0.15) is 0 Å². The van der Waals surface area contributed by atoms with Gasteiger partial charge in [0, 0.05) is 37.6 Å². The van der Waals surface area contributed by atoms with E-state index < -0.39 is 0 Å². The molecule has 5 rings (SSSR count). The number of anilines is 2. The lowest BCUT2D eigenvalue weighted by Crippen LogP contribution is -2.46. The van der Waals surface area contributed by atoms with Crippen LogP contribution in [0.2, 0.25) is 0 Å². The number of benzene rings is 3. The fourth-order valence-electron chi connectivity index (χ4n) is 4.55. The molecule has 1 saturated heterocycles. The quantitative estimate of drug-likeness (QED) is 0.287. The van der Waals surface area contributed by atoms with Gasteiger partial charge in [-0.3, -0.25) is 4.79 Å². The van der Waals surface area contributed by atoms with Crippen molar-refractivity contribution in [2.24, 2.45) is 0 Å². The van der Waals surface area contributed by atoms with E-state index in [1.165, 1.54) is 23.0 Å². The van der Waals surface area contributed by atoms with E-state index in [1.54, 1.807) is 0 Å². The summed E-state index contributed by atoms with van der Waals surface area (Å²) >= 11 is 1.53. The van der Waals surface area contributed by atoms with Crippen LogP contribution in [0.25, 0.3) is 11.0 Å². The third kappa shape index (κ3) is 5.69. The Kier molecular flexibility index (Phi) is 7.35. The van der Waals surface area contributed by atoms with Crippen molar-refractivity contribution in [3.05, 3.63) is 84.4 Å². The van der Waals surface area contributed by atoms with Gasteiger partial charge in [0.05, 0.1) is 5.75 Å². The Balaban J connectivity index is 1.21. The van der Waals surface area contributed by atoms with Crippen molar-refractivity contribution in [2.75, 3.05) is 48.7 Å². The third-order valence-corrected chi connectivity index (χ3v) is 7.54. The van der Waals surface area contributed by atoms with Crippen molar-refractivity contribution >= 4 is 40.1 Å². The van der Waals surface area contributed by atoms with Crippen LogP contribution in [-0.2, 0) is 11.3 Å². The van der Waals surface area contributed by atoms with Crippen LogP contribution in [-0.4, -0.2) is 54.3 Å². The van der Waals surface area contributed by atoms with Crippen LogP contribution in [0.4, 0.5) is 11.4 Å². The number of aromatic amines is 1. The topological polar surface area (TPSA) is 55.2 Å². The molecule has 1 aliphatic heterocycles. The molecule has 3 aromatic carbocycles. The molecule has 0 unspecified atom stereocenters. The first-order valence-corrected chi connectivity index (χ1v) is 13.2. The standard InChI is InChI=1S/C28H31N5OS/c1-2-31-16-18-32(19-17-31)24-14-12-23(13-15-24)29-27(34)21-35-28-30-25-10-6-7-11-26(25)33(28)20-22-8-4-3-5-9-22/h3-15H,2,16-21H2,1H3,(H,29,34)/p+1. The lowest BCUT2D eigenvalue weighted by molar-refractivity contribution is -0.700. The van der Waals surface area contributed by atoms with Crippen molar-refractivity contribution in [2.45, 2.75) is 18.6 Å². The van der Waals surface area contributed by atoms with Crippen molar-refractivity contribution in [1.82, 2.24) is 9.88 Å². The maximum atomic E-state index is 12.8. The van der Waals surface area contributed by atoms with Crippen LogP contribution < -0.4 is 14.8 Å². The number of amides is 1. The number of hydrogen-bond acceptors (Lipinski definition) is 4. The number of hydrogen-bond donors (Lipinski definition) is 2. The summed E-state index contributed by atoms with van der Waals surface area (Å²) in [6.45, 7) is 8.37. The van der Waals surface area contributed by atoms with E-state index >= 15 is 0 Å². The van der Waals surface area contributed by atoms with Gasteiger partial charge in [0.2, 0.25) is 5.91 Å². The highest BCUT2D eigenvalue weighted by atomic mass is 32.2. The molecule has 180 valence electrons. The maximum absolute atomic E-state index is 12.8. The van der Waals surface area contributed by atoms with E-state index in [2.05, 4.69) is 80.1 Å². The summed E-state index contributed by atoms with van der Waals surface area (Å²) in [4.78, 5) is 21.1. The lowest BCUT2D eigenvalue weighted by atomic mass is 10.2. The Morgan fingerprint density at radius 3 is 2.40 bits per heavy atom. The first kappa shape index (κ1) is 23.5. The highest BCUT2D eigenvalue weighted by Gasteiger charge is 2.20. The van der Waals surface area contributed by atoms with E-state index in [-0.39, 0.29) is 5.91 Å². The van der Waals surface area contributed by atoms with Gasteiger partial charge in [-0.1, -0.05) is 49.4 Å². The highest BCUT2D eigenvalue weighted by Crippen LogP contribution is 2.21. The fraction of sp³-hybridized carbons (Fsp3) is 0.286. The number of thioether (sulfide) groups is 1. The zero-order chi connectivity index (χ0) is 24.0. The minimum absolute atomic E-state index is 0.00997. The summed E-state index contributed by atoms with van der Waals surface area (Å²) < 4.78 is 2.25. The molecule has 1 aromatic heterocycles. The van der Waals surface area contributed by atoms with E-state index in [9.17, 15) is 4.79 Å². The van der Waals surface area contributed by atoms with Gasteiger partial charge in [-0.15, -0.1) is 0 Å². The maximum Gasteiger partial charge on any atom is 0.317 e. The number of para-hydroxylation sites is 2. The molecule has 1 fully saturated rings. The van der Waals surface area contributed by atoms with Gasteiger partial charge < -0.3 is 15.1 Å². The Hall–Kier alpha value is -3.29. The molecule has 1 aliphatic rings. The number of carbonyl (C=O) groups excluding carboxylic acids is 1. The number of fused-ring (bicyclic) bond motifs is 1. The molecule has 0 radical (unpaired) electrons. The highest BCUT2D eigenvalue weighted by molar-refractivity contribution is 7.99. The molecule has 0 bridgehead atoms. The summed E-state index contributed by atoms with van der Waals surface area (Å²) in [5, 5.41) is 4.03. The number of nitrogens with zero attached hydrogens (tertiary/aromatic N) is 3. The molecule has 2 N–H and O–H groups in total.